The first-order valence-electron chi connectivity index (χ1n) is 8.15. The minimum atomic E-state index is 0.515. The molecule has 2 heterocycles. The van der Waals surface area contributed by atoms with Crippen molar-refractivity contribution >= 4 is 11.8 Å². The van der Waals surface area contributed by atoms with E-state index >= 15 is 0 Å². The molecule has 0 N–H and O–H groups in total. The smallest absolute Gasteiger partial charge is 0.276 e. The third-order valence-corrected chi connectivity index (χ3v) is 5.04. The highest BCUT2D eigenvalue weighted by Gasteiger charge is 2.15. The van der Waals surface area contributed by atoms with E-state index < -0.39 is 0 Å². The van der Waals surface area contributed by atoms with Crippen molar-refractivity contribution in [3.05, 3.63) is 23.7 Å². The molecular weight excluding hydrogens is 312 g/mol. The average molecular weight is 334 g/mol. The van der Waals surface area contributed by atoms with Gasteiger partial charge in [-0.25, -0.2) is 0 Å². The lowest BCUT2D eigenvalue weighted by Crippen LogP contribution is -2.07. The molecule has 1 saturated carbocycles. The van der Waals surface area contributed by atoms with Gasteiger partial charge in [0.2, 0.25) is 11.8 Å². The molecule has 0 aliphatic heterocycles. The zero-order chi connectivity index (χ0) is 15.9. The standard InChI is InChI=1S/C16H22N4O2S/c1-21-14-10-8-13(17-18-14)11-23-16-20-19-15(22-16)9-7-12-5-3-2-4-6-12/h8,10,12H,2-7,9,11H2,1H3. The Morgan fingerprint density at radius 2 is 2.00 bits per heavy atom. The van der Waals surface area contributed by atoms with Crippen molar-refractivity contribution in [2.45, 2.75) is 55.9 Å². The molecule has 0 aromatic carbocycles. The van der Waals surface area contributed by atoms with Crippen molar-refractivity contribution in [2.24, 2.45) is 5.92 Å². The SMILES string of the molecule is COc1ccc(CSc2nnc(CCC3CCCCC3)o2)nn1. The maximum absolute atomic E-state index is 5.71. The Morgan fingerprint density at radius 1 is 1.13 bits per heavy atom. The van der Waals surface area contributed by atoms with Gasteiger partial charge in [-0.1, -0.05) is 43.9 Å². The van der Waals surface area contributed by atoms with E-state index in [0.29, 0.717) is 16.9 Å². The second-order valence-corrected chi connectivity index (χ2v) is 6.79. The summed E-state index contributed by atoms with van der Waals surface area (Å²) in [6, 6.07) is 3.69. The number of aryl methyl sites for hydroxylation is 1. The van der Waals surface area contributed by atoms with Crippen LogP contribution in [-0.2, 0) is 12.2 Å². The van der Waals surface area contributed by atoms with Crippen molar-refractivity contribution in [3.8, 4) is 5.88 Å². The van der Waals surface area contributed by atoms with Crippen molar-refractivity contribution in [2.75, 3.05) is 7.11 Å². The van der Waals surface area contributed by atoms with Gasteiger partial charge in [0.05, 0.1) is 12.8 Å². The van der Waals surface area contributed by atoms with E-state index in [1.807, 2.05) is 6.07 Å². The number of methoxy groups -OCH3 is 1. The molecular formula is C16H22N4O2S. The molecule has 3 rings (SSSR count). The fraction of sp³-hybridized carbons (Fsp3) is 0.625. The molecule has 23 heavy (non-hydrogen) atoms. The van der Waals surface area contributed by atoms with Gasteiger partial charge in [-0.2, -0.15) is 5.10 Å². The second kappa shape index (κ2) is 8.29. The number of nitrogens with zero attached hydrogens (tertiary/aromatic N) is 4. The minimum absolute atomic E-state index is 0.515. The fourth-order valence-electron chi connectivity index (χ4n) is 2.87. The summed E-state index contributed by atoms with van der Waals surface area (Å²) in [7, 11) is 1.58. The quantitative estimate of drug-likeness (QED) is 0.715. The van der Waals surface area contributed by atoms with E-state index in [0.717, 1.165) is 30.3 Å². The number of hydrogen-bond acceptors (Lipinski definition) is 7. The molecule has 124 valence electrons. The van der Waals surface area contributed by atoms with Gasteiger partial charge in [-0.15, -0.1) is 15.3 Å². The topological polar surface area (TPSA) is 73.9 Å². The zero-order valence-electron chi connectivity index (χ0n) is 13.4. The van der Waals surface area contributed by atoms with Gasteiger partial charge >= 0.3 is 0 Å². The predicted molar refractivity (Wildman–Crippen MR) is 87.3 cm³/mol. The Kier molecular flexibility index (Phi) is 5.85. The summed E-state index contributed by atoms with van der Waals surface area (Å²) < 4.78 is 10.7. The highest BCUT2D eigenvalue weighted by molar-refractivity contribution is 7.98. The van der Waals surface area contributed by atoms with Crippen molar-refractivity contribution < 1.29 is 9.15 Å². The first kappa shape index (κ1) is 16.2. The molecule has 0 spiro atoms. The summed E-state index contributed by atoms with van der Waals surface area (Å²) >= 11 is 1.49. The molecule has 0 saturated heterocycles. The van der Waals surface area contributed by atoms with Gasteiger partial charge in [-0.3, -0.25) is 0 Å². The number of ether oxygens (including phenoxy) is 1. The predicted octanol–water partition coefficient (Wildman–Crippen LogP) is 3.67. The Morgan fingerprint density at radius 3 is 2.74 bits per heavy atom. The lowest BCUT2D eigenvalue weighted by molar-refractivity contribution is 0.322. The van der Waals surface area contributed by atoms with Crippen molar-refractivity contribution in [1.82, 2.24) is 20.4 Å². The summed E-state index contributed by atoms with van der Waals surface area (Å²) in [6.07, 6.45) is 8.90. The number of aromatic nitrogens is 4. The maximum Gasteiger partial charge on any atom is 0.276 e. The Bertz CT molecular complexity index is 596. The monoisotopic (exact) mass is 334 g/mol. The molecule has 6 nitrogen and oxygen atoms in total. The summed E-state index contributed by atoms with van der Waals surface area (Å²) in [4.78, 5) is 0. The minimum Gasteiger partial charge on any atom is -0.480 e. The number of rotatable bonds is 7. The zero-order valence-corrected chi connectivity index (χ0v) is 14.2. The van der Waals surface area contributed by atoms with Crippen LogP contribution < -0.4 is 4.74 Å². The van der Waals surface area contributed by atoms with Crippen LogP contribution >= 0.6 is 11.8 Å². The lowest BCUT2D eigenvalue weighted by atomic mass is 9.86. The van der Waals surface area contributed by atoms with Crippen LogP contribution in [0, 0.1) is 5.92 Å². The summed E-state index contributed by atoms with van der Waals surface area (Å²) in [6.45, 7) is 0. The largest absolute Gasteiger partial charge is 0.480 e. The third kappa shape index (κ3) is 4.92. The van der Waals surface area contributed by atoms with E-state index in [4.69, 9.17) is 9.15 Å². The summed E-state index contributed by atoms with van der Waals surface area (Å²) in [5, 5.41) is 16.9. The van der Waals surface area contributed by atoms with Crippen LogP contribution in [0.25, 0.3) is 0 Å². The van der Waals surface area contributed by atoms with E-state index in [2.05, 4.69) is 20.4 Å². The summed E-state index contributed by atoms with van der Waals surface area (Å²) in [5.41, 5.74) is 0.859. The Balaban J connectivity index is 1.44. The maximum atomic E-state index is 5.71. The fourth-order valence-corrected chi connectivity index (χ4v) is 3.55. The molecule has 1 aliphatic carbocycles. The van der Waals surface area contributed by atoms with Crippen LogP contribution in [-0.4, -0.2) is 27.5 Å². The van der Waals surface area contributed by atoms with Crippen LogP contribution in [0.5, 0.6) is 5.88 Å². The van der Waals surface area contributed by atoms with Gasteiger partial charge in [0.25, 0.3) is 5.22 Å². The van der Waals surface area contributed by atoms with Crippen LogP contribution in [0.15, 0.2) is 21.8 Å². The number of thioether (sulfide) groups is 1. The normalized spacial score (nSPS) is 15.7. The molecule has 0 unspecified atom stereocenters. The first-order chi connectivity index (χ1) is 11.3. The third-order valence-electron chi connectivity index (χ3n) is 4.19. The van der Waals surface area contributed by atoms with Gasteiger partial charge in [0, 0.05) is 18.2 Å². The molecule has 2 aromatic heterocycles. The Hall–Kier alpha value is -1.63. The van der Waals surface area contributed by atoms with Gasteiger partial charge in [0.1, 0.15) is 0 Å². The van der Waals surface area contributed by atoms with Crippen LogP contribution in [0.4, 0.5) is 0 Å². The van der Waals surface area contributed by atoms with Gasteiger partial charge in [0.15, 0.2) is 0 Å². The molecule has 0 radical (unpaired) electrons. The lowest BCUT2D eigenvalue weighted by Gasteiger charge is -2.20. The molecule has 2 aromatic rings. The van der Waals surface area contributed by atoms with Crippen molar-refractivity contribution in [3.63, 3.8) is 0 Å². The Labute approximate surface area is 140 Å². The highest BCUT2D eigenvalue weighted by Crippen LogP contribution is 2.28. The van der Waals surface area contributed by atoms with E-state index in [9.17, 15) is 0 Å². The van der Waals surface area contributed by atoms with E-state index in [1.54, 1.807) is 13.2 Å². The van der Waals surface area contributed by atoms with Crippen LogP contribution in [0.2, 0.25) is 0 Å². The van der Waals surface area contributed by atoms with E-state index in [-0.39, 0.29) is 0 Å². The molecule has 1 aliphatic rings. The molecule has 0 atom stereocenters. The highest BCUT2D eigenvalue weighted by atomic mass is 32.2. The van der Waals surface area contributed by atoms with Crippen molar-refractivity contribution in [1.29, 1.82) is 0 Å². The first-order valence-corrected chi connectivity index (χ1v) is 9.14. The number of hydrogen-bond donors (Lipinski definition) is 0. The second-order valence-electron chi connectivity index (χ2n) is 5.86. The average Bonchev–Trinajstić information content (AvgIpc) is 3.07. The van der Waals surface area contributed by atoms with Crippen LogP contribution in [0.1, 0.15) is 50.1 Å². The van der Waals surface area contributed by atoms with E-state index in [1.165, 1.54) is 43.9 Å². The molecule has 1 fully saturated rings. The van der Waals surface area contributed by atoms with Gasteiger partial charge in [-0.05, 0) is 18.4 Å². The molecule has 0 bridgehead atoms. The molecule has 7 heteroatoms. The van der Waals surface area contributed by atoms with Crippen LogP contribution in [0.3, 0.4) is 0 Å². The molecule has 0 amide bonds. The summed E-state index contributed by atoms with van der Waals surface area (Å²) in [5.74, 6) is 2.75. The van der Waals surface area contributed by atoms with Gasteiger partial charge < -0.3 is 9.15 Å².